The number of esters is 1. The predicted octanol–water partition coefficient (Wildman–Crippen LogP) is 3.95. The summed E-state index contributed by atoms with van der Waals surface area (Å²) in [5, 5.41) is 0.715. The summed E-state index contributed by atoms with van der Waals surface area (Å²) in [4.78, 5) is 15.6. The molecule has 0 aliphatic rings. The van der Waals surface area contributed by atoms with Gasteiger partial charge in [0.05, 0.1) is 6.33 Å². The van der Waals surface area contributed by atoms with Gasteiger partial charge in [0.1, 0.15) is 13.2 Å². The van der Waals surface area contributed by atoms with Crippen molar-refractivity contribution in [2.24, 2.45) is 0 Å². The van der Waals surface area contributed by atoms with E-state index >= 15 is 0 Å². The van der Waals surface area contributed by atoms with Crippen LogP contribution in [0.15, 0.2) is 67.3 Å². The van der Waals surface area contributed by atoms with E-state index < -0.39 is 0 Å². The molecule has 3 rings (SSSR count). The second-order valence-corrected chi connectivity index (χ2v) is 5.48. The zero-order chi connectivity index (χ0) is 16.1. The Bertz CT molecular complexity index is 783. The summed E-state index contributed by atoms with van der Waals surface area (Å²) in [5.74, 6) is -0.293. The maximum absolute atomic E-state index is 11.7. The van der Waals surface area contributed by atoms with E-state index in [9.17, 15) is 4.79 Å². The molecule has 0 spiro atoms. The summed E-state index contributed by atoms with van der Waals surface area (Å²) < 4.78 is 6.93. The number of carbonyl (C=O) groups excluding carboxylic acids is 1. The summed E-state index contributed by atoms with van der Waals surface area (Å²) in [7, 11) is 0. The molecule has 0 aliphatic carbocycles. The van der Waals surface area contributed by atoms with Crippen molar-refractivity contribution in [3.05, 3.63) is 77.8 Å². The molecule has 1 aromatic heterocycles. The third-order valence-corrected chi connectivity index (χ3v) is 3.74. The van der Waals surface area contributed by atoms with Crippen molar-refractivity contribution >= 4 is 17.6 Å². The number of aromatic nitrogens is 2. The minimum absolute atomic E-state index is 0.164. The zero-order valence-electron chi connectivity index (χ0n) is 12.4. The highest BCUT2D eigenvalue weighted by atomic mass is 35.5. The zero-order valence-corrected chi connectivity index (χ0v) is 13.1. The fourth-order valence-electron chi connectivity index (χ4n) is 2.21. The average molecular weight is 327 g/mol. The van der Waals surface area contributed by atoms with Crippen molar-refractivity contribution in [3.8, 4) is 11.1 Å². The van der Waals surface area contributed by atoms with Crippen molar-refractivity contribution < 1.29 is 9.53 Å². The Morgan fingerprint density at radius 3 is 2.61 bits per heavy atom. The van der Waals surface area contributed by atoms with Gasteiger partial charge in [0, 0.05) is 23.0 Å². The van der Waals surface area contributed by atoms with Crippen LogP contribution in [0.4, 0.5) is 0 Å². The van der Waals surface area contributed by atoms with E-state index in [1.54, 1.807) is 23.3 Å². The number of hydrogen-bond acceptors (Lipinski definition) is 3. The number of carbonyl (C=O) groups is 1. The average Bonchev–Trinajstić information content (AvgIpc) is 3.07. The number of halogens is 1. The van der Waals surface area contributed by atoms with Gasteiger partial charge in [0.2, 0.25) is 0 Å². The second kappa shape index (κ2) is 7.11. The lowest BCUT2D eigenvalue weighted by Gasteiger charge is -2.08. The largest absolute Gasteiger partial charge is 0.459 e. The van der Waals surface area contributed by atoms with Crippen molar-refractivity contribution in [2.75, 3.05) is 0 Å². The molecule has 1 heterocycles. The fourth-order valence-corrected chi connectivity index (χ4v) is 2.46. The van der Waals surface area contributed by atoms with Crippen LogP contribution in [0.3, 0.4) is 0 Å². The van der Waals surface area contributed by atoms with Crippen LogP contribution in [0.25, 0.3) is 11.1 Å². The topological polar surface area (TPSA) is 44.1 Å². The summed E-state index contributed by atoms with van der Waals surface area (Å²) in [5.41, 5.74) is 2.95. The van der Waals surface area contributed by atoms with Crippen LogP contribution in [0, 0.1) is 0 Å². The van der Waals surface area contributed by atoms with Gasteiger partial charge in [-0.1, -0.05) is 54.1 Å². The first-order valence-corrected chi connectivity index (χ1v) is 7.55. The SMILES string of the molecule is O=C(Cn1ccnc1)OCc1ccc(-c2ccccc2Cl)cc1. The van der Waals surface area contributed by atoms with Crippen molar-refractivity contribution in [1.29, 1.82) is 0 Å². The Kier molecular flexibility index (Phi) is 4.74. The molecule has 0 radical (unpaired) electrons. The summed E-state index contributed by atoms with van der Waals surface area (Å²) >= 11 is 6.19. The van der Waals surface area contributed by atoms with Gasteiger partial charge in [-0.25, -0.2) is 4.98 Å². The van der Waals surface area contributed by atoms with Gasteiger partial charge in [0.25, 0.3) is 0 Å². The molecule has 5 heteroatoms. The lowest BCUT2D eigenvalue weighted by Crippen LogP contribution is -2.12. The van der Waals surface area contributed by atoms with Gasteiger partial charge in [-0.3, -0.25) is 4.79 Å². The summed E-state index contributed by atoms with van der Waals surface area (Å²) in [6.07, 6.45) is 4.93. The van der Waals surface area contributed by atoms with Gasteiger partial charge < -0.3 is 9.30 Å². The summed E-state index contributed by atoms with van der Waals surface area (Å²) in [6.45, 7) is 0.411. The Balaban J connectivity index is 1.59. The first-order valence-electron chi connectivity index (χ1n) is 7.17. The minimum atomic E-state index is -0.293. The van der Waals surface area contributed by atoms with Gasteiger partial charge in [-0.15, -0.1) is 0 Å². The lowest BCUT2D eigenvalue weighted by molar-refractivity contribution is -0.145. The molecule has 3 aromatic rings. The quantitative estimate of drug-likeness (QED) is 0.667. The van der Waals surface area contributed by atoms with E-state index in [0.29, 0.717) is 5.02 Å². The normalized spacial score (nSPS) is 10.5. The van der Waals surface area contributed by atoms with Crippen LogP contribution < -0.4 is 0 Å². The maximum Gasteiger partial charge on any atom is 0.326 e. The fraction of sp³-hybridized carbons (Fsp3) is 0.111. The van der Waals surface area contributed by atoms with Crippen molar-refractivity contribution in [2.45, 2.75) is 13.2 Å². The predicted molar refractivity (Wildman–Crippen MR) is 88.9 cm³/mol. The maximum atomic E-state index is 11.7. The highest BCUT2D eigenvalue weighted by molar-refractivity contribution is 6.33. The van der Waals surface area contributed by atoms with E-state index in [2.05, 4.69) is 4.98 Å². The van der Waals surface area contributed by atoms with Crippen molar-refractivity contribution in [3.63, 3.8) is 0 Å². The number of hydrogen-bond donors (Lipinski definition) is 0. The third kappa shape index (κ3) is 3.99. The molecule has 0 saturated heterocycles. The van der Waals surface area contributed by atoms with E-state index in [1.807, 2.05) is 48.5 Å². The van der Waals surface area contributed by atoms with Crippen LogP contribution in [0.2, 0.25) is 5.02 Å². The van der Waals surface area contributed by atoms with E-state index in [-0.39, 0.29) is 19.1 Å². The Morgan fingerprint density at radius 2 is 1.91 bits per heavy atom. The van der Waals surface area contributed by atoms with Crippen LogP contribution in [0.1, 0.15) is 5.56 Å². The van der Waals surface area contributed by atoms with Crippen LogP contribution in [-0.2, 0) is 22.7 Å². The summed E-state index contributed by atoms with van der Waals surface area (Å²) in [6, 6.07) is 15.5. The van der Waals surface area contributed by atoms with Gasteiger partial charge in [-0.05, 0) is 17.2 Å². The molecule has 0 bridgehead atoms. The number of benzene rings is 2. The smallest absolute Gasteiger partial charge is 0.326 e. The molecule has 0 aliphatic heterocycles. The molecule has 0 amide bonds. The molecule has 23 heavy (non-hydrogen) atoms. The second-order valence-electron chi connectivity index (χ2n) is 5.07. The molecule has 2 aromatic carbocycles. The Labute approximate surface area is 139 Å². The van der Waals surface area contributed by atoms with E-state index in [4.69, 9.17) is 16.3 Å². The van der Waals surface area contributed by atoms with Crippen LogP contribution in [-0.4, -0.2) is 15.5 Å². The van der Waals surface area contributed by atoms with E-state index in [1.165, 1.54) is 0 Å². The standard InChI is InChI=1S/C18H15ClN2O2/c19-17-4-2-1-3-16(17)15-7-5-14(6-8-15)12-23-18(22)11-21-10-9-20-13-21/h1-10,13H,11-12H2. The molecule has 116 valence electrons. The van der Waals surface area contributed by atoms with Crippen LogP contribution >= 0.6 is 11.6 Å². The number of nitrogens with zero attached hydrogens (tertiary/aromatic N) is 2. The molecular formula is C18H15ClN2O2. The Morgan fingerprint density at radius 1 is 1.13 bits per heavy atom. The number of ether oxygens (including phenoxy) is 1. The monoisotopic (exact) mass is 326 g/mol. The van der Waals surface area contributed by atoms with Gasteiger partial charge in [0.15, 0.2) is 0 Å². The van der Waals surface area contributed by atoms with Crippen LogP contribution in [0.5, 0.6) is 0 Å². The third-order valence-electron chi connectivity index (χ3n) is 3.41. The molecular weight excluding hydrogens is 312 g/mol. The highest BCUT2D eigenvalue weighted by Crippen LogP contribution is 2.27. The molecule has 0 fully saturated rings. The Hall–Kier alpha value is -2.59. The molecule has 0 unspecified atom stereocenters. The molecule has 0 N–H and O–H groups in total. The highest BCUT2D eigenvalue weighted by Gasteiger charge is 2.06. The first-order chi connectivity index (χ1) is 11.2. The van der Waals surface area contributed by atoms with E-state index in [0.717, 1.165) is 16.7 Å². The number of rotatable bonds is 5. The first kappa shape index (κ1) is 15.3. The molecule has 0 saturated carbocycles. The number of imidazole rings is 1. The van der Waals surface area contributed by atoms with Gasteiger partial charge in [-0.2, -0.15) is 0 Å². The van der Waals surface area contributed by atoms with Gasteiger partial charge >= 0.3 is 5.97 Å². The molecule has 4 nitrogen and oxygen atoms in total. The lowest BCUT2D eigenvalue weighted by atomic mass is 10.0. The minimum Gasteiger partial charge on any atom is -0.459 e. The van der Waals surface area contributed by atoms with Crippen molar-refractivity contribution in [1.82, 2.24) is 9.55 Å². The molecule has 0 atom stereocenters.